The number of ether oxygens (including phenoxy) is 1. The molecule has 1 aliphatic rings. The Morgan fingerprint density at radius 1 is 0.971 bits per heavy atom. The summed E-state index contributed by atoms with van der Waals surface area (Å²) in [7, 11) is 1.68. The van der Waals surface area contributed by atoms with Crippen LogP contribution in [0.25, 0.3) is 5.69 Å². The average Bonchev–Trinajstić information content (AvgIpc) is 3.35. The fourth-order valence-corrected chi connectivity index (χ4v) is 5.38. The zero-order chi connectivity index (χ0) is 23.8. The van der Waals surface area contributed by atoms with E-state index in [4.69, 9.17) is 17.0 Å². The standard InChI is InChI=1S/C27H25BrN4OS/c1-17-16-23(18(2)31(17)20-11-13-22(33-3)14-12-20)26-25(24-6-4-5-15-29-24)30-27(34)32(26)21-9-7-19(28)8-10-21/h4-16,25-26H,1-3H3,(H,30,34)/t25-,26+/m1/s1. The van der Waals surface area contributed by atoms with Gasteiger partial charge in [0.2, 0.25) is 0 Å². The Morgan fingerprint density at radius 3 is 2.32 bits per heavy atom. The van der Waals surface area contributed by atoms with Crippen LogP contribution in [0.15, 0.2) is 83.5 Å². The van der Waals surface area contributed by atoms with E-state index in [0.717, 1.165) is 33.0 Å². The van der Waals surface area contributed by atoms with Crippen molar-refractivity contribution in [3.8, 4) is 11.4 Å². The van der Waals surface area contributed by atoms with Crippen molar-refractivity contribution in [3.63, 3.8) is 0 Å². The number of nitrogens with zero attached hydrogens (tertiary/aromatic N) is 3. The minimum absolute atomic E-state index is 0.0539. The molecule has 0 saturated carbocycles. The molecule has 0 amide bonds. The van der Waals surface area contributed by atoms with Gasteiger partial charge in [0.05, 0.1) is 24.9 Å². The van der Waals surface area contributed by atoms with E-state index >= 15 is 0 Å². The molecule has 5 nitrogen and oxygen atoms in total. The average molecular weight is 533 g/mol. The largest absolute Gasteiger partial charge is 0.497 e. The molecule has 2 aromatic carbocycles. The van der Waals surface area contributed by atoms with Crippen LogP contribution < -0.4 is 15.0 Å². The van der Waals surface area contributed by atoms with Crippen LogP contribution in [-0.4, -0.2) is 21.8 Å². The molecule has 0 bridgehead atoms. The van der Waals surface area contributed by atoms with Gasteiger partial charge in [0.1, 0.15) is 5.75 Å². The molecule has 7 heteroatoms. The normalized spacial score (nSPS) is 17.6. The van der Waals surface area contributed by atoms with E-state index in [1.807, 2.05) is 42.6 Å². The number of anilines is 1. The van der Waals surface area contributed by atoms with Gasteiger partial charge in [0.25, 0.3) is 0 Å². The molecule has 0 aliphatic carbocycles. The lowest BCUT2D eigenvalue weighted by molar-refractivity contribution is 0.414. The molecule has 0 spiro atoms. The molecule has 1 aliphatic heterocycles. The second kappa shape index (κ2) is 9.24. The van der Waals surface area contributed by atoms with Crippen LogP contribution in [-0.2, 0) is 0 Å². The van der Waals surface area contributed by atoms with Gasteiger partial charge in [-0.2, -0.15) is 0 Å². The minimum atomic E-state index is -0.0813. The number of thiocarbonyl (C=S) groups is 1. The van der Waals surface area contributed by atoms with Crippen molar-refractivity contribution < 1.29 is 4.74 Å². The van der Waals surface area contributed by atoms with Crippen molar-refractivity contribution in [2.75, 3.05) is 12.0 Å². The third kappa shape index (κ3) is 3.99. The highest BCUT2D eigenvalue weighted by molar-refractivity contribution is 9.10. The summed E-state index contributed by atoms with van der Waals surface area (Å²) in [6.45, 7) is 4.31. The van der Waals surface area contributed by atoms with Gasteiger partial charge in [0, 0.05) is 33.4 Å². The van der Waals surface area contributed by atoms with Crippen molar-refractivity contribution in [2.45, 2.75) is 25.9 Å². The quantitative estimate of drug-likeness (QED) is 0.299. The first-order chi connectivity index (χ1) is 16.5. The van der Waals surface area contributed by atoms with Crippen molar-refractivity contribution in [1.82, 2.24) is 14.9 Å². The molecule has 1 fully saturated rings. The molecular weight excluding hydrogens is 508 g/mol. The van der Waals surface area contributed by atoms with E-state index in [1.54, 1.807) is 7.11 Å². The Labute approximate surface area is 213 Å². The Balaban J connectivity index is 1.65. The van der Waals surface area contributed by atoms with Gasteiger partial charge < -0.3 is 19.5 Å². The topological polar surface area (TPSA) is 42.3 Å². The van der Waals surface area contributed by atoms with E-state index < -0.39 is 0 Å². The third-order valence-electron chi connectivity index (χ3n) is 6.32. The van der Waals surface area contributed by atoms with E-state index in [2.05, 4.69) is 85.9 Å². The first-order valence-electron chi connectivity index (χ1n) is 11.1. The summed E-state index contributed by atoms with van der Waals surface area (Å²) < 4.78 is 8.66. The highest BCUT2D eigenvalue weighted by atomic mass is 79.9. The fourth-order valence-electron chi connectivity index (χ4n) is 4.77. The number of rotatable bonds is 5. The molecule has 4 aromatic rings. The van der Waals surface area contributed by atoms with Gasteiger partial charge in [-0.05, 0) is 98.4 Å². The minimum Gasteiger partial charge on any atom is -0.497 e. The zero-order valence-electron chi connectivity index (χ0n) is 19.2. The van der Waals surface area contributed by atoms with Gasteiger partial charge in [-0.15, -0.1) is 0 Å². The van der Waals surface area contributed by atoms with E-state index in [-0.39, 0.29) is 12.1 Å². The van der Waals surface area contributed by atoms with Crippen molar-refractivity contribution in [3.05, 3.63) is 106 Å². The number of aromatic nitrogens is 2. The van der Waals surface area contributed by atoms with Crippen LogP contribution in [0.1, 0.15) is 34.7 Å². The number of hydrogen-bond donors (Lipinski definition) is 1. The molecule has 1 saturated heterocycles. The summed E-state index contributed by atoms with van der Waals surface area (Å²) in [6, 6.07) is 24.6. The highest BCUT2D eigenvalue weighted by Crippen LogP contribution is 2.43. The Hall–Kier alpha value is -3.16. The predicted molar refractivity (Wildman–Crippen MR) is 144 cm³/mol. The van der Waals surface area contributed by atoms with Gasteiger partial charge in [-0.3, -0.25) is 4.98 Å². The number of hydrogen-bond acceptors (Lipinski definition) is 3. The molecule has 3 heterocycles. The molecular formula is C27H25BrN4OS. The van der Waals surface area contributed by atoms with E-state index in [1.165, 1.54) is 11.3 Å². The van der Waals surface area contributed by atoms with Gasteiger partial charge in [0.15, 0.2) is 5.11 Å². The second-order valence-electron chi connectivity index (χ2n) is 8.33. The van der Waals surface area contributed by atoms with Crippen LogP contribution in [0.2, 0.25) is 0 Å². The smallest absolute Gasteiger partial charge is 0.174 e. The van der Waals surface area contributed by atoms with Crippen molar-refractivity contribution in [2.24, 2.45) is 0 Å². The lowest BCUT2D eigenvalue weighted by Gasteiger charge is -2.28. The molecule has 34 heavy (non-hydrogen) atoms. The lowest BCUT2D eigenvalue weighted by atomic mass is 9.96. The molecule has 0 radical (unpaired) electrons. The number of aryl methyl sites for hydroxylation is 1. The highest BCUT2D eigenvalue weighted by Gasteiger charge is 2.42. The maximum absolute atomic E-state index is 5.87. The zero-order valence-corrected chi connectivity index (χ0v) is 21.6. The number of benzene rings is 2. The third-order valence-corrected chi connectivity index (χ3v) is 7.17. The monoisotopic (exact) mass is 532 g/mol. The molecule has 1 N–H and O–H groups in total. The fraction of sp³-hybridized carbons (Fsp3) is 0.185. The van der Waals surface area contributed by atoms with Crippen molar-refractivity contribution >= 4 is 38.9 Å². The lowest BCUT2D eigenvalue weighted by Crippen LogP contribution is -2.29. The van der Waals surface area contributed by atoms with Gasteiger partial charge in [-0.25, -0.2) is 0 Å². The summed E-state index contributed by atoms with van der Waals surface area (Å²) in [5, 5.41) is 4.24. The Morgan fingerprint density at radius 2 is 1.68 bits per heavy atom. The Bertz CT molecular complexity index is 1320. The first kappa shape index (κ1) is 22.6. The number of pyridine rings is 1. The summed E-state index contributed by atoms with van der Waals surface area (Å²) in [6.07, 6.45) is 1.83. The van der Waals surface area contributed by atoms with Crippen molar-refractivity contribution in [1.29, 1.82) is 0 Å². The number of halogens is 1. The van der Waals surface area contributed by atoms with E-state index in [0.29, 0.717) is 5.11 Å². The summed E-state index contributed by atoms with van der Waals surface area (Å²) in [5.74, 6) is 0.841. The van der Waals surface area contributed by atoms with Gasteiger partial charge in [-0.1, -0.05) is 22.0 Å². The maximum Gasteiger partial charge on any atom is 0.174 e. The number of methoxy groups -OCH3 is 1. The van der Waals surface area contributed by atoms with Gasteiger partial charge >= 0.3 is 0 Å². The molecule has 5 rings (SSSR count). The Kier molecular flexibility index (Phi) is 6.15. The SMILES string of the molecule is COc1ccc(-n2c(C)cc([C@H]3[C@@H](c4ccccn4)NC(=S)N3c3ccc(Br)cc3)c2C)cc1. The number of nitrogens with one attached hydrogen (secondary N) is 1. The van der Waals surface area contributed by atoms with E-state index in [9.17, 15) is 0 Å². The second-order valence-corrected chi connectivity index (χ2v) is 9.64. The van der Waals surface area contributed by atoms with Crippen LogP contribution >= 0.6 is 28.1 Å². The molecule has 2 atom stereocenters. The predicted octanol–water partition coefficient (Wildman–Crippen LogP) is 6.44. The molecule has 2 aromatic heterocycles. The summed E-state index contributed by atoms with van der Waals surface area (Å²) in [5.41, 5.74) is 6.63. The van der Waals surface area contributed by atoms with Crippen LogP contribution in [0, 0.1) is 13.8 Å². The summed E-state index contributed by atoms with van der Waals surface area (Å²) in [4.78, 5) is 6.88. The molecule has 172 valence electrons. The summed E-state index contributed by atoms with van der Waals surface area (Å²) >= 11 is 9.42. The van der Waals surface area contributed by atoms with Crippen LogP contribution in [0.4, 0.5) is 5.69 Å². The first-order valence-corrected chi connectivity index (χ1v) is 12.3. The molecule has 0 unspecified atom stereocenters. The maximum atomic E-state index is 5.87. The van der Waals surface area contributed by atoms with Crippen LogP contribution in [0.3, 0.4) is 0 Å². The van der Waals surface area contributed by atoms with Crippen LogP contribution in [0.5, 0.6) is 5.75 Å².